The van der Waals surface area contributed by atoms with Crippen LogP contribution in [0.2, 0.25) is 0 Å². The van der Waals surface area contributed by atoms with E-state index >= 15 is 0 Å². The zero-order chi connectivity index (χ0) is 12.5. The van der Waals surface area contributed by atoms with Gasteiger partial charge in [0.1, 0.15) is 5.54 Å². The summed E-state index contributed by atoms with van der Waals surface area (Å²) in [4.78, 5) is 5.08. The van der Waals surface area contributed by atoms with Crippen LogP contribution in [0.5, 0.6) is 0 Å². The topological polar surface area (TPSA) is 56.3 Å². The van der Waals surface area contributed by atoms with E-state index < -0.39 is 5.54 Å². The van der Waals surface area contributed by atoms with Crippen LogP contribution in [0.1, 0.15) is 33.1 Å². The predicted octanol–water partition coefficient (Wildman–Crippen LogP) is 0.786. The summed E-state index contributed by atoms with van der Waals surface area (Å²) < 4.78 is 0. The minimum absolute atomic E-state index is 0.408. The average Bonchev–Trinajstić information content (AvgIpc) is 3.13. The van der Waals surface area contributed by atoms with Gasteiger partial charge in [0.25, 0.3) is 0 Å². The van der Waals surface area contributed by atoms with E-state index in [1.165, 1.54) is 25.9 Å². The molecule has 0 spiro atoms. The van der Waals surface area contributed by atoms with Gasteiger partial charge in [-0.25, -0.2) is 0 Å². The Morgan fingerprint density at radius 2 is 1.94 bits per heavy atom. The lowest BCUT2D eigenvalue weighted by Crippen LogP contribution is -2.52. The van der Waals surface area contributed by atoms with Gasteiger partial charge in [0.15, 0.2) is 0 Å². The van der Waals surface area contributed by atoms with E-state index in [0.29, 0.717) is 6.04 Å². The Hall–Kier alpha value is -0.630. The van der Waals surface area contributed by atoms with Gasteiger partial charge in [-0.15, -0.1) is 0 Å². The minimum atomic E-state index is -0.687. The van der Waals surface area contributed by atoms with Crippen LogP contribution in [0, 0.1) is 11.3 Å². The lowest BCUT2D eigenvalue weighted by molar-refractivity contribution is 0.0890. The summed E-state index contributed by atoms with van der Waals surface area (Å²) in [5.74, 6) is 0. The van der Waals surface area contributed by atoms with E-state index in [4.69, 9.17) is 11.0 Å². The number of nitrogens with two attached hydrogens (primary N) is 1. The molecule has 0 aromatic heterocycles. The van der Waals surface area contributed by atoms with E-state index in [1.54, 1.807) is 0 Å². The molecule has 1 aliphatic heterocycles. The second-order valence-corrected chi connectivity index (χ2v) is 5.89. The third kappa shape index (κ3) is 3.41. The molecule has 4 heteroatoms. The first-order valence-electron chi connectivity index (χ1n) is 6.70. The van der Waals surface area contributed by atoms with Crippen LogP contribution in [0.15, 0.2) is 0 Å². The van der Waals surface area contributed by atoms with Crippen molar-refractivity contribution in [3.8, 4) is 6.07 Å². The maximum atomic E-state index is 8.96. The van der Waals surface area contributed by atoms with Crippen LogP contribution in [-0.2, 0) is 0 Å². The normalized spacial score (nSPS) is 28.4. The average molecular weight is 236 g/mol. The van der Waals surface area contributed by atoms with E-state index in [9.17, 15) is 0 Å². The van der Waals surface area contributed by atoms with E-state index in [0.717, 1.165) is 25.6 Å². The Morgan fingerprint density at radius 1 is 1.35 bits per heavy atom. The Labute approximate surface area is 104 Å². The highest BCUT2D eigenvalue weighted by molar-refractivity contribution is 5.03. The summed E-state index contributed by atoms with van der Waals surface area (Å²) in [7, 11) is 0. The van der Waals surface area contributed by atoms with Crippen LogP contribution < -0.4 is 5.73 Å². The molecule has 2 atom stereocenters. The van der Waals surface area contributed by atoms with Crippen molar-refractivity contribution in [2.24, 2.45) is 5.73 Å². The Kier molecular flexibility index (Phi) is 3.72. The van der Waals surface area contributed by atoms with Crippen LogP contribution in [0.25, 0.3) is 0 Å². The fourth-order valence-electron chi connectivity index (χ4n) is 2.77. The first kappa shape index (κ1) is 12.8. The number of nitrogens with zero attached hydrogens (tertiary/aromatic N) is 3. The summed E-state index contributed by atoms with van der Waals surface area (Å²) in [5, 5.41) is 8.96. The van der Waals surface area contributed by atoms with E-state index in [1.807, 2.05) is 6.92 Å². The molecular weight excluding hydrogens is 212 g/mol. The summed E-state index contributed by atoms with van der Waals surface area (Å²) in [6.45, 7) is 8.63. The van der Waals surface area contributed by atoms with Crippen molar-refractivity contribution in [1.82, 2.24) is 9.80 Å². The largest absolute Gasteiger partial charge is 0.314 e. The molecule has 0 radical (unpaired) electrons. The molecule has 2 unspecified atom stereocenters. The molecule has 4 nitrogen and oxygen atoms in total. The van der Waals surface area contributed by atoms with Crippen molar-refractivity contribution >= 4 is 0 Å². The SMILES string of the molecule is CC(CC(C)(N)C#N)N1CCN(C2CC2)CC1. The number of rotatable bonds is 4. The molecule has 2 rings (SSSR count). The van der Waals surface area contributed by atoms with Crippen molar-refractivity contribution in [2.45, 2.75) is 50.7 Å². The Balaban J connectivity index is 1.77. The number of hydrogen-bond donors (Lipinski definition) is 1. The Morgan fingerprint density at radius 3 is 2.41 bits per heavy atom. The summed E-state index contributed by atoms with van der Waals surface area (Å²) >= 11 is 0. The zero-order valence-electron chi connectivity index (χ0n) is 11.0. The first-order valence-corrected chi connectivity index (χ1v) is 6.70. The smallest absolute Gasteiger partial charge is 0.102 e. The molecular formula is C13H24N4. The van der Waals surface area contributed by atoms with Gasteiger partial charge in [-0.2, -0.15) is 5.26 Å². The monoisotopic (exact) mass is 236 g/mol. The maximum Gasteiger partial charge on any atom is 0.102 e. The van der Waals surface area contributed by atoms with E-state index in [2.05, 4.69) is 22.8 Å². The second kappa shape index (κ2) is 4.93. The predicted molar refractivity (Wildman–Crippen MR) is 68.5 cm³/mol. The lowest BCUT2D eigenvalue weighted by Gasteiger charge is -2.39. The van der Waals surface area contributed by atoms with Crippen LogP contribution in [-0.4, -0.2) is 53.6 Å². The fraction of sp³-hybridized carbons (Fsp3) is 0.923. The number of piperazine rings is 1. The van der Waals surface area contributed by atoms with Crippen LogP contribution in [0.3, 0.4) is 0 Å². The van der Waals surface area contributed by atoms with Gasteiger partial charge in [-0.05, 0) is 33.1 Å². The van der Waals surface area contributed by atoms with Gasteiger partial charge in [0, 0.05) is 38.3 Å². The van der Waals surface area contributed by atoms with Crippen LogP contribution in [0.4, 0.5) is 0 Å². The molecule has 0 bridgehead atoms. The van der Waals surface area contributed by atoms with Gasteiger partial charge < -0.3 is 5.73 Å². The van der Waals surface area contributed by atoms with Crippen molar-refractivity contribution in [1.29, 1.82) is 5.26 Å². The van der Waals surface area contributed by atoms with Gasteiger partial charge in [0.2, 0.25) is 0 Å². The van der Waals surface area contributed by atoms with Gasteiger partial charge in [-0.3, -0.25) is 9.80 Å². The molecule has 2 N–H and O–H groups in total. The zero-order valence-corrected chi connectivity index (χ0v) is 11.0. The van der Waals surface area contributed by atoms with Crippen molar-refractivity contribution < 1.29 is 0 Å². The highest BCUT2D eigenvalue weighted by Crippen LogP contribution is 2.28. The summed E-state index contributed by atoms with van der Waals surface area (Å²) in [5.41, 5.74) is 5.22. The quantitative estimate of drug-likeness (QED) is 0.784. The van der Waals surface area contributed by atoms with E-state index in [-0.39, 0.29) is 0 Å². The Bertz CT molecular complexity index is 295. The second-order valence-electron chi connectivity index (χ2n) is 5.89. The lowest BCUT2D eigenvalue weighted by atomic mass is 9.95. The molecule has 1 heterocycles. The third-order valence-electron chi connectivity index (χ3n) is 4.01. The first-order chi connectivity index (χ1) is 8.02. The highest BCUT2D eigenvalue weighted by atomic mass is 15.3. The highest BCUT2D eigenvalue weighted by Gasteiger charge is 2.33. The standard InChI is InChI=1S/C13H24N4/c1-11(9-13(2,15)10-14)16-5-7-17(8-6-16)12-3-4-12/h11-12H,3-9,15H2,1-2H3. The molecule has 17 heavy (non-hydrogen) atoms. The molecule has 0 aromatic rings. The molecule has 2 fully saturated rings. The molecule has 1 saturated carbocycles. The molecule has 2 aliphatic rings. The third-order valence-corrected chi connectivity index (χ3v) is 4.01. The number of hydrogen-bond acceptors (Lipinski definition) is 4. The fourth-order valence-corrected chi connectivity index (χ4v) is 2.77. The van der Waals surface area contributed by atoms with Crippen molar-refractivity contribution in [3.05, 3.63) is 0 Å². The molecule has 1 saturated heterocycles. The van der Waals surface area contributed by atoms with Crippen molar-refractivity contribution in [3.63, 3.8) is 0 Å². The summed E-state index contributed by atoms with van der Waals surface area (Å²) in [6.07, 6.45) is 3.54. The van der Waals surface area contributed by atoms with Gasteiger partial charge in [0.05, 0.1) is 6.07 Å². The maximum absolute atomic E-state index is 8.96. The molecule has 0 amide bonds. The summed E-state index contributed by atoms with van der Waals surface area (Å²) in [6, 6.07) is 3.48. The van der Waals surface area contributed by atoms with Gasteiger partial charge in [-0.1, -0.05) is 0 Å². The number of nitriles is 1. The molecule has 1 aliphatic carbocycles. The van der Waals surface area contributed by atoms with Crippen LogP contribution >= 0.6 is 0 Å². The minimum Gasteiger partial charge on any atom is -0.314 e. The molecule has 0 aromatic carbocycles. The molecule has 96 valence electrons. The van der Waals surface area contributed by atoms with Crippen molar-refractivity contribution in [2.75, 3.05) is 26.2 Å². The van der Waals surface area contributed by atoms with Gasteiger partial charge >= 0.3 is 0 Å².